The van der Waals surface area contributed by atoms with Crippen LogP contribution in [0.25, 0.3) is 0 Å². The maximum atomic E-state index is 12.2. The average molecular weight is 340 g/mol. The number of ether oxygens (including phenoxy) is 1. The lowest BCUT2D eigenvalue weighted by molar-refractivity contribution is -0.131. The highest BCUT2D eigenvalue weighted by Crippen LogP contribution is 2.25. The molecule has 128 valence electrons. The number of anilines is 1. The fourth-order valence-corrected chi connectivity index (χ4v) is 4.50. The first-order valence-electron chi connectivity index (χ1n) is 7.67. The number of nitrogens with one attached hydrogen (secondary N) is 1. The molecule has 7 heteroatoms. The van der Waals surface area contributed by atoms with Crippen LogP contribution in [0.2, 0.25) is 0 Å². The Kier molecular flexibility index (Phi) is 5.51. The van der Waals surface area contributed by atoms with Crippen LogP contribution in [0.5, 0.6) is 5.75 Å². The minimum absolute atomic E-state index is 0.0498. The molecule has 6 nitrogen and oxygen atoms in total. The molecule has 0 bridgehead atoms. The van der Waals surface area contributed by atoms with E-state index in [0.717, 1.165) is 17.0 Å². The van der Waals surface area contributed by atoms with E-state index in [0.29, 0.717) is 19.4 Å². The van der Waals surface area contributed by atoms with Crippen molar-refractivity contribution in [1.82, 2.24) is 4.90 Å². The molecule has 1 atom stereocenters. The van der Waals surface area contributed by atoms with Gasteiger partial charge in [-0.05, 0) is 31.0 Å². The van der Waals surface area contributed by atoms with E-state index < -0.39 is 9.84 Å². The van der Waals surface area contributed by atoms with E-state index in [1.54, 1.807) is 19.1 Å². The van der Waals surface area contributed by atoms with Gasteiger partial charge in [-0.1, -0.05) is 6.07 Å². The third kappa shape index (κ3) is 4.60. The number of methoxy groups -OCH3 is 1. The number of aryl methyl sites for hydroxylation is 1. The number of carbonyl (C=O) groups is 1. The largest absolute Gasteiger partial charge is 0.495 e. The molecule has 1 heterocycles. The molecular weight excluding hydrogens is 316 g/mol. The van der Waals surface area contributed by atoms with Gasteiger partial charge in [0.25, 0.3) is 0 Å². The molecule has 1 fully saturated rings. The second-order valence-corrected chi connectivity index (χ2v) is 8.17. The van der Waals surface area contributed by atoms with Crippen molar-refractivity contribution in [2.45, 2.75) is 25.8 Å². The van der Waals surface area contributed by atoms with Crippen LogP contribution in [-0.2, 0) is 14.6 Å². The molecule has 1 unspecified atom stereocenters. The van der Waals surface area contributed by atoms with Crippen molar-refractivity contribution in [1.29, 1.82) is 0 Å². The van der Waals surface area contributed by atoms with Gasteiger partial charge in [0.15, 0.2) is 9.84 Å². The quantitative estimate of drug-likeness (QED) is 0.848. The molecule has 1 N–H and O–H groups in total. The summed E-state index contributed by atoms with van der Waals surface area (Å²) in [6.07, 6.45) is 0.841. The molecule has 0 aliphatic carbocycles. The summed E-state index contributed by atoms with van der Waals surface area (Å²) in [4.78, 5) is 13.8. The van der Waals surface area contributed by atoms with Gasteiger partial charge in [-0.25, -0.2) is 8.42 Å². The van der Waals surface area contributed by atoms with Crippen molar-refractivity contribution in [2.24, 2.45) is 0 Å². The Bertz CT molecular complexity index is 673. The summed E-state index contributed by atoms with van der Waals surface area (Å²) in [6.45, 7) is 2.46. The van der Waals surface area contributed by atoms with E-state index in [-0.39, 0.29) is 23.5 Å². The van der Waals surface area contributed by atoms with Gasteiger partial charge in [0.1, 0.15) is 5.75 Å². The first kappa shape index (κ1) is 17.6. The average Bonchev–Trinajstić information content (AvgIpc) is 2.86. The summed E-state index contributed by atoms with van der Waals surface area (Å²) in [5.41, 5.74) is 1.96. The zero-order valence-electron chi connectivity index (χ0n) is 13.8. The molecule has 1 aliphatic heterocycles. The van der Waals surface area contributed by atoms with Crippen molar-refractivity contribution < 1.29 is 17.9 Å². The van der Waals surface area contributed by atoms with Crippen LogP contribution >= 0.6 is 0 Å². The standard InChI is InChI=1S/C16H24N2O4S/c1-12-4-5-15(22-3)14(10-12)17-8-6-16(19)18(2)13-7-9-23(20,21)11-13/h4-5,10,13,17H,6-9,11H2,1-3H3. The predicted octanol–water partition coefficient (Wildman–Crippen LogP) is 1.45. The van der Waals surface area contributed by atoms with Gasteiger partial charge in [-0.15, -0.1) is 0 Å². The van der Waals surface area contributed by atoms with Crippen LogP contribution in [0.1, 0.15) is 18.4 Å². The molecule has 23 heavy (non-hydrogen) atoms. The normalized spacial score (nSPS) is 19.3. The summed E-state index contributed by atoms with van der Waals surface area (Å²) in [5, 5.41) is 3.21. The Morgan fingerprint density at radius 3 is 2.78 bits per heavy atom. The molecule has 1 saturated heterocycles. The van der Waals surface area contributed by atoms with Gasteiger partial charge >= 0.3 is 0 Å². The molecule has 2 rings (SSSR count). The predicted molar refractivity (Wildman–Crippen MR) is 90.7 cm³/mol. The Labute approximate surface area is 137 Å². The van der Waals surface area contributed by atoms with Gasteiger partial charge in [0.2, 0.25) is 5.91 Å². The fourth-order valence-electron chi connectivity index (χ4n) is 2.72. The summed E-state index contributed by atoms with van der Waals surface area (Å²) < 4.78 is 28.3. The topological polar surface area (TPSA) is 75.7 Å². The summed E-state index contributed by atoms with van der Waals surface area (Å²) in [7, 11) is 0.311. The van der Waals surface area contributed by atoms with Gasteiger partial charge in [-0.3, -0.25) is 4.79 Å². The highest BCUT2D eigenvalue weighted by molar-refractivity contribution is 7.91. The minimum atomic E-state index is -2.98. The molecule has 0 aromatic heterocycles. The van der Waals surface area contributed by atoms with Crippen LogP contribution in [0.15, 0.2) is 18.2 Å². The number of hydrogen-bond donors (Lipinski definition) is 1. The molecule has 1 amide bonds. The van der Waals surface area contributed by atoms with Crippen molar-refractivity contribution in [3.05, 3.63) is 23.8 Å². The first-order valence-corrected chi connectivity index (χ1v) is 9.49. The smallest absolute Gasteiger partial charge is 0.224 e. The van der Waals surface area contributed by atoms with E-state index in [9.17, 15) is 13.2 Å². The second-order valence-electron chi connectivity index (χ2n) is 5.94. The van der Waals surface area contributed by atoms with Crippen molar-refractivity contribution in [3.8, 4) is 5.75 Å². The molecular formula is C16H24N2O4S. The van der Waals surface area contributed by atoms with Crippen molar-refractivity contribution in [2.75, 3.05) is 37.5 Å². The van der Waals surface area contributed by atoms with Gasteiger partial charge < -0.3 is 15.0 Å². The lowest BCUT2D eigenvalue weighted by atomic mass is 10.2. The lowest BCUT2D eigenvalue weighted by Gasteiger charge is -2.23. The molecule has 0 spiro atoms. The summed E-state index contributed by atoms with van der Waals surface area (Å²) >= 11 is 0. The Morgan fingerprint density at radius 1 is 1.43 bits per heavy atom. The number of rotatable bonds is 6. The molecule has 0 saturated carbocycles. The monoisotopic (exact) mass is 340 g/mol. The van der Waals surface area contributed by atoms with Crippen LogP contribution in [0.4, 0.5) is 5.69 Å². The van der Waals surface area contributed by atoms with Gasteiger partial charge in [-0.2, -0.15) is 0 Å². The van der Waals surface area contributed by atoms with E-state index in [4.69, 9.17) is 4.74 Å². The van der Waals surface area contributed by atoms with Crippen LogP contribution in [0, 0.1) is 6.92 Å². The van der Waals surface area contributed by atoms with Gasteiger partial charge in [0.05, 0.1) is 24.3 Å². The fraction of sp³-hybridized carbons (Fsp3) is 0.562. The Balaban J connectivity index is 1.86. The number of nitrogens with zero attached hydrogens (tertiary/aromatic N) is 1. The number of hydrogen-bond acceptors (Lipinski definition) is 5. The second kappa shape index (κ2) is 7.21. The third-order valence-electron chi connectivity index (χ3n) is 4.16. The third-order valence-corrected chi connectivity index (χ3v) is 5.91. The molecule has 0 radical (unpaired) electrons. The zero-order chi connectivity index (χ0) is 17.0. The highest BCUT2D eigenvalue weighted by Gasteiger charge is 2.32. The zero-order valence-corrected chi connectivity index (χ0v) is 14.6. The molecule has 1 aliphatic rings. The van der Waals surface area contributed by atoms with Crippen LogP contribution in [0.3, 0.4) is 0 Å². The number of benzene rings is 1. The minimum Gasteiger partial charge on any atom is -0.495 e. The maximum Gasteiger partial charge on any atom is 0.224 e. The van der Waals surface area contributed by atoms with Crippen molar-refractivity contribution >= 4 is 21.4 Å². The molecule has 1 aromatic rings. The van der Waals surface area contributed by atoms with E-state index in [1.807, 2.05) is 25.1 Å². The van der Waals surface area contributed by atoms with Crippen LogP contribution < -0.4 is 10.1 Å². The Hall–Kier alpha value is -1.76. The molecule has 1 aromatic carbocycles. The van der Waals surface area contributed by atoms with Crippen LogP contribution in [-0.4, -0.2) is 57.5 Å². The van der Waals surface area contributed by atoms with E-state index >= 15 is 0 Å². The van der Waals surface area contributed by atoms with E-state index in [1.165, 1.54) is 0 Å². The summed E-state index contributed by atoms with van der Waals surface area (Å²) in [6, 6.07) is 5.62. The number of sulfone groups is 1. The number of carbonyl (C=O) groups excluding carboxylic acids is 1. The lowest BCUT2D eigenvalue weighted by Crippen LogP contribution is -2.38. The summed E-state index contributed by atoms with van der Waals surface area (Å²) in [5.74, 6) is 0.937. The number of amides is 1. The van der Waals surface area contributed by atoms with Gasteiger partial charge in [0, 0.05) is 26.1 Å². The highest BCUT2D eigenvalue weighted by atomic mass is 32.2. The van der Waals surface area contributed by atoms with E-state index in [2.05, 4.69) is 5.32 Å². The SMILES string of the molecule is COc1ccc(C)cc1NCCC(=O)N(C)C1CCS(=O)(=O)C1. The first-order chi connectivity index (χ1) is 10.8. The maximum absolute atomic E-state index is 12.2. The Morgan fingerprint density at radius 2 is 2.17 bits per heavy atom. The van der Waals surface area contributed by atoms with Crippen molar-refractivity contribution in [3.63, 3.8) is 0 Å².